The van der Waals surface area contributed by atoms with Gasteiger partial charge in [-0.3, -0.25) is 9.78 Å². The summed E-state index contributed by atoms with van der Waals surface area (Å²) in [7, 11) is 1.78. The van der Waals surface area contributed by atoms with Crippen LogP contribution < -0.4 is 0 Å². The number of hydrogen-bond donors (Lipinski definition) is 0. The van der Waals surface area contributed by atoms with Crippen LogP contribution in [-0.2, 0) is 11.2 Å². The van der Waals surface area contributed by atoms with Crippen molar-refractivity contribution in [3.05, 3.63) is 54.7 Å². The number of rotatable bonds is 7. The fourth-order valence-corrected chi connectivity index (χ4v) is 2.50. The Morgan fingerprint density at radius 2 is 2.15 bits per heavy atom. The summed E-state index contributed by atoms with van der Waals surface area (Å²) in [6, 6.07) is 5.39. The maximum Gasteiger partial charge on any atom is 0.226 e. The minimum absolute atomic E-state index is 0.0445. The molecule has 0 aromatic carbocycles. The summed E-state index contributed by atoms with van der Waals surface area (Å²) in [5.41, 5.74) is 1.62. The second-order valence-electron chi connectivity index (χ2n) is 5.92. The molecule has 1 atom stereocenters. The van der Waals surface area contributed by atoms with Crippen LogP contribution in [-0.4, -0.2) is 42.9 Å². The number of aromatic nitrogens is 5. The van der Waals surface area contributed by atoms with Crippen molar-refractivity contribution in [1.29, 1.82) is 0 Å². The molecule has 0 saturated carbocycles. The Hall–Kier alpha value is -3.16. The highest BCUT2D eigenvalue weighted by atomic mass is 16.5. The minimum Gasteiger partial charge on any atom is -0.339 e. The molecule has 26 heavy (non-hydrogen) atoms. The van der Waals surface area contributed by atoms with E-state index in [0.717, 1.165) is 11.3 Å². The maximum absolute atomic E-state index is 12.4. The Morgan fingerprint density at radius 1 is 1.27 bits per heavy atom. The highest BCUT2D eigenvalue weighted by Crippen LogP contribution is 2.18. The van der Waals surface area contributed by atoms with Gasteiger partial charge in [-0.1, -0.05) is 5.16 Å². The van der Waals surface area contributed by atoms with E-state index in [1.54, 1.807) is 30.5 Å². The Balaban J connectivity index is 1.50. The first-order valence-electron chi connectivity index (χ1n) is 8.39. The Morgan fingerprint density at radius 3 is 2.88 bits per heavy atom. The Bertz CT molecular complexity index is 837. The molecule has 0 radical (unpaired) electrons. The molecule has 0 fully saturated rings. The highest BCUT2D eigenvalue weighted by Gasteiger charge is 2.18. The average molecular weight is 352 g/mol. The zero-order valence-corrected chi connectivity index (χ0v) is 14.7. The van der Waals surface area contributed by atoms with Gasteiger partial charge in [-0.15, -0.1) is 0 Å². The summed E-state index contributed by atoms with van der Waals surface area (Å²) in [5, 5.41) is 3.95. The molecule has 3 aromatic rings. The van der Waals surface area contributed by atoms with E-state index in [2.05, 4.69) is 25.1 Å². The van der Waals surface area contributed by atoms with Gasteiger partial charge in [0.2, 0.25) is 17.6 Å². The zero-order valence-electron chi connectivity index (χ0n) is 14.7. The van der Waals surface area contributed by atoms with Crippen molar-refractivity contribution < 1.29 is 9.32 Å². The fraction of sp³-hybridized carbons (Fsp3) is 0.333. The number of pyridine rings is 1. The summed E-state index contributed by atoms with van der Waals surface area (Å²) >= 11 is 0. The van der Waals surface area contributed by atoms with Crippen molar-refractivity contribution in [2.45, 2.75) is 32.2 Å². The minimum atomic E-state index is -0.105. The maximum atomic E-state index is 12.4. The molecule has 3 aromatic heterocycles. The van der Waals surface area contributed by atoms with Crippen molar-refractivity contribution >= 4 is 5.91 Å². The van der Waals surface area contributed by atoms with E-state index in [-0.39, 0.29) is 11.9 Å². The number of hydrogen-bond acceptors (Lipinski definition) is 7. The molecule has 0 N–H and O–H groups in total. The zero-order chi connectivity index (χ0) is 18.4. The van der Waals surface area contributed by atoms with Crippen LogP contribution in [0.3, 0.4) is 0 Å². The smallest absolute Gasteiger partial charge is 0.226 e. The van der Waals surface area contributed by atoms with Gasteiger partial charge in [-0.25, -0.2) is 9.97 Å². The second-order valence-corrected chi connectivity index (χ2v) is 5.92. The fourth-order valence-electron chi connectivity index (χ4n) is 2.50. The van der Waals surface area contributed by atoms with Gasteiger partial charge in [-0.05, 0) is 31.5 Å². The predicted octanol–water partition coefficient (Wildman–Crippen LogP) is 2.46. The van der Waals surface area contributed by atoms with Crippen LogP contribution in [0.25, 0.3) is 11.4 Å². The van der Waals surface area contributed by atoms with E-state index in [4.69, 9.17) is 4.52 Å². The first-order chi connectivity index (χ1) is 12.6. The predicted molar refractivity (Wildman–Crippen MR) is 93.7 cm³/mol. The van der Waals surface area contributed by atoms with Crippen LogP contribution in [0.2, 0.25) is 0 Å². The topological polar surface area (TPSA) is 97.9 Å². The number of nitrogens with zero attached hydrogens (tertiary/aromatic N) is 6. The van der Waals surface area contributed by atoms with Gasteiger partial charge in [-0.2, -0.15) is 4.98 Å². The summed E-state index contributed by atoms with van der Waals surface area (Å²) < 4.78 is 5.25. The van der Waals surface area contributed by atoms with Gasteiger partial charge in [0.15, 0.2) is 0 Å². The van der Waals surface area contributed by atoms with Crippen molar-refractivity contribution in [3.63, 3.8) is 0 Å². The Labute approximate surface area is 151 Å². The molecule has 0 bridgehead atoms. The molecule has 1 amide bonds. The lowest BCUT2D eigenvalue weighted by Gasteiger charge is -2.24. The van der Waals surface area contributed by atoms with Gasteiger partial charge >= 0.3 is 0 Å². The van der Waals surface area contributed by atoms with E-state index >= 15 is 0 Å². The van der Waals surface area contributed by atoms with Crippen LogP contribution >= 0.6 is 0 Å². The molecule has 0 unspecified atom stereocenters. The van der Waals surface area contributed by atoms with Crippen molar-refractivity contribution in [1.82, 2.24) is 30.0 Å². The van der Waals surface area contributed by atoms with Gasteiger partial charge < -0.3 is 9.42 Å². The molecule has 8 nitrogen and oxygen atoms in total. The largest absolute Gasteiger partial charge is 0.339 e. The van der Waals surface area contributed by atoms with Gasteiger partial charge in [0.05, 0.1) is 11.7 Å². The van der Waals surface area contributed by atoms with Crippen molar-refractivity contribution in [2.75, 3.05) is 7.05 Å². The average Bonchev–Trinajstić information content (AvgIpc) is 3.17. The molecular weight excluding hydrogens is 332 g/mol. The van der Waals surface area contributed by atoms with Crippen LogP contribution in [0.5, 0.6) is 0 Å². The van der Waals surface area contributed by atoms with Crippen LogP contribution in [0.15, 0.2) is 47.6 Å². The first-order valence-corrected chi connectivity index (χ1v) is 8.39. The van der Waals surface area contributed by atoms with E-state index in [1.807, 2.05) is 25.1 Å². The molecule has 3 rings (SSSR count). The third kappa shape index (κ3) is 4.27. The summed E-state index contributed by atoms with van der Waals surface area (Å²) in [6.07, 6.45) is 8.11. The third-order valence-corrected chi connectivity index (χ3v) is 4.18. The quantitative estimate of drug-likeness (QED) is 0.644. The normalized spacial score (nSPS) is 11.9. The lowest BCUT2D eigenvalue weighted by Crippen LogP contribution is -2.30. The Kier molecular flexibility index (Phi) is 5.62. The summed E-state index contributed by atoms with van der Waals surface area (Å²) in [6.45, 7) is 1.94. The summed E-state index contributed by atoms with van der Waals surface area (Å²) in [5.74, 6) is 1.07. The molecule has 8 heteroatoms. The lowest BCUT2D eigenvalue weighted by atomic mass is 10.1. The molecule has 3 heterocycles. The molecule has 0 spiro atoms. The van der Waals surface area contributed by atoms with Gasteiger partial charge in [0.25, 0.3) is 0 Å². The van der Waals surface area contributed by atoms with E-state index in [0.29, 0.717) is 31.0 Å². The number of carbonyl (C=O) groups excluding carboxylic acids is 1. The number of aryl methyl sites for hydroxylation is 1. The third-order valence-electron chi connectivity index (χ3n) is 4.18. The molecule has 0 saturated heterocycles. The van der Waals surface area contributed by atoms with E-state index in [9.17, 15) is 4.79 Å². The first kappa shape index (κ1) is 17.7. The van der Waals surface area contributed by atoms with E-state index < -0.39 is 0 Å². The van der Waals surface area contributed by atoms with Crippen LogP contribution in [0.4, 0.5) is 0 Å². The van der Waals surface area contributed by atoms with Gasteiger partial charge in [0.1, 0.15) is 6.33 Å². The molecule has 0 aliphatic rings. The second kappa shape index (κ2) is 8.28. The van der Waals surface area contributed by atoms with Crippen molar-refractivity contribution in [2.24, 2.45) is 0 Å². The van der Waals surface area contributed by atoms with Crippen LogP contribution in [0, 0.1) is 0 Å². The van der Waals surface area contributed by atoms with Crippen molar-refractivity contribution in [3.8, 4) is 11.4 Å². The molecule has 0 aliphatic heterocycles. The molecule has 0 aliphatic carbocycles. The monoisotopic (exact) mass is 352 g/mol. The number of carbonyl (C=O) groups is 1. The summed E-state index contributed by atoms with van der Waals surface area (Å²) in [4.78, 5) is 30.6. The van der Waals surface area contributed by atoms with E-state index in [1.165, 1.54) is 6.33 Å². The van der Waals surface area contributed by atoms with Crippen LogP contribution in [0.1, 0.15) is 37.4 Å². The SMILES string of the molecule is C[C@H](c1ccncn1)N(C)C(=O)CCCc1nc(-c2cccnc2)no1. The lowest BCUT2D eigenvalue weighted by molar-refractivity contribution is -0.132. The highest BCUT2D eigenvalue weighted by molar-refractivity contribution is 5.76. The molecular formula is C18H20N6O2. The molecule has 134 valence electrons. The standard InChI is InChI=1S/C18H20N6O2/c1-13(15-8-10-20-12-21-15)24(2)17(25)7-3-6-16-22-18(23-26-16)14-5-4-9-19-11-14/h4-5,8-13H,3,6-7H2,1-2H3/t13-/m1/s1. The number of amides is 1. The van der Waals surface area contributed by atoms with Gasteiger partial charge in [0, 0.05) is 44.0 Å².